The third kappa shape index (κ3) is 3.19. The standard InChI is InChI=1S/C14H14N2O5/c1-2-21-11-6-4-3-5-9(11)7-10-13(19)16(8-12(17)18)14(20)15-10/h3-7H,2,8H2,1H3,(H,15,20)(H,17,18)/b10-7+. The highest BCUT2D eigenvalue weighted by Gasteiger charge is 2.34. The first-order valence-corrected chi connectivity index (χ1v) is 6.31. The van der Waals surface area contributed by atoms with Gasteiger partial charge in [0.2, 0.25) is 0 Å². The first kappa shape index (κ1) is 14.6. The summed E-state index contributed by atoms with van der Waals surface area (Å²) in [5.74, 6) is -1.35. The number of aliphatic carboxylic acids is 1. The van der Waals surface area contributed by atoms with Crippen LogP contribution in [0.25, 0.3) is 6.08 Å². The molecular weight excluding hydrogens is 276 g/mol. The number of hydrogen-bond acceptors (Lipinski definition) is 4. The lowest BCUT2D eigenvalue weighted by atomic mass is 10.1. The summed E-state index contributed by atoms with van der Waals surface area (Å²) in [6, 6.07) is 6.29. The van der Waals surface area contributed by atoms with Crippen LogP contribution in [0.4, 0.5) is 4.79 Å². The Morgan fingerprint density at radius 3 is 2.76 bits per heavy atom. The molecule has 0 aliphatic carbocycles. The Bertz CT molecular complexity index is 624. The second kappa shape index (κ2) is 6.08. The maximum atomic E-state index is 12.0. The van der Waals surface area contributed by atoms with E-state index in [4.69, 9.17) is 9.84 Å². The molecule has 2 N–H and O–H groups in total. The maximum absolute atomic E-state index is 12.0. The summed E-state index contributed by atoms with van der Waals surface area (Å²) in [4.78, 5) is 34.9. The Balaban J connectivity index is 2.28. The number of nitrogens with one attached hydrogen (secondary N) is 1. The van der Waals surface area contributed by atoms with Gasteiger partial charge in [-0.3, -0.25) is 9.59 Å². The summed E-state index contributed by atoms with van der Waals surface area (Å²) in [5, 5.41) is 11.0. The fraction of sp³-hybridized carbons (Fsp3) is 0.214. The minimum absolute atomic E-state index is 0.0217. The summed E-state index contributed by atoms with van der Waals surface area (Å²) in [6.45, 7) is 1.63. The molecular formula is C14H14N2O5. The van der Waals surface area contributed by atoms with Crippen molar-refractivity contribution in [1.82, 2.24) is 10.2 Å². The normalized spacial score (nSPS) is 16.2. The fourth-order valence-electron chi connectivity index (χ4n) is 1.89. The predicted octanol–water partition coefficient (Wildman–Crippen LogP) is 1.06. The van der Waals surface area contributed by atoms with Crippen LogP contribution >= 0.6 is 0 Å². The highest BCUT2D eigenvalue weighted by atomic mass is 16.5. The van der Waals surface area contributed by atoms with Crippen molar-refractivity contribution in [2.75, 3.05) is 13.2 Å². The van der Waals surface area contributed by atoms with Gasteiger partial charge < -0.3 is 15.2 Å². The van der Waals surface area contributed by atoms with Crippen LogP contribution in [0.15, 0.2) is 30.0 Å². The zero-order valence-electron chi connectivity index (χ0n) is 11.3. The lowest BCUT2D eigenvalue weighted by Crippen LogP contribution is -2.35. The van der Waals surface area contributed by atoms with Crippen LogP contribution in [0.5, 0.6) is 5.75 Å². The molecule has 21 heavy (non-hydrogen) atoms. The number of carbonyl (C=O) groups excluding carboxylic acids is 2. The van der Waals surface area contributed by atoms with E-state index in [1.54, 1.807) is 24.3 Å². The van der Waals surface area contributed by atoms with Gasteiger partial charge in [0.05, 0.1) is 6.61 Å². The van der Waals surface area contributed by atoms with Crippen LogP contribution < -0.4 is 10.1 Å². The number of amides is 3. The minimum Gasteiger partial charge on any atom is -0.493 e. The monoisotopic (exact) mass is 290 g/mol. The molecule has 0 unspecified atom stereocenters. The van der Waals surface area contributed by atoms with E-state index in [9.17, 15) is 14.4 Å². The van der Waals surface area contributed by atoms with Crippen molar-refractivity contribution in [3.8, 4) is 5.75 Å². The van der Waals surface area contributed by atoms with E-state index in [-0.39, 0.29) is 5.70 Å². The molecule has 1 aliphatic rings. The molecule has 3 amide bonds. The smallest absolute Gasteiger partial charge is 0.329 e. The molecule has 0 radical (unpaired) electrons. The van der Waals surface area contributed by atoms with Crippen molar-refractivity contribution in [3.63, 3.8) is 0 Å². The average Bonchev–Trinajstić information content (AvgIpc) is 2.69. The number of urea groups is 1. The highest BCUT2D eigenvalue weighted by Crippen LogP contribution is 2.22. The van der Waals surface area contributed by atoms with Crippen molar-refractivity contribution in [2.24, 2.45) is 0 Å². The van der Waals surface area contributed by atoms with Gasteiger partial charge in [0.25, 0.3) is 5.91 Å². The van der Waals surface area contributed by atoms with Crippen LogP contribution in [-0.4, -0.2) is 41.1 Å². The molecule has 1 fully saturated rings. The van der Waals surface area contributed by atoms with E-state index in [1.807, 2.05) is 6.92 Å². The summed E-state index contributed by atoms with van der Waals surface area (Å²) in [5.41, 5.74) is 0.647. The number of carbonyl (C=O) groups is 3. The van der Waals surface area contributed by atoms with Gasteiger partial charge in [0.1, 0.15) is 18.0 Å². The molecule has 2 rings (SSSR count). The zero-order chi connectivity index (χ0) is 15.4. The number of nitrogens with zero attached hydrogens (tertiary/aromatic N) is 1. The largest absolute Gasteiger partial charge is 0.493 e. The number of benzene rings is 1. The van der Waals surface area contributed by atoms with Gasteiger partial charge in [-0.1, -0.05) is 18.2 Å². The van der Waals surface area contributed by atoms with E-state index in [0.29, 0.717) is 22.8 Å². The van der Waals surface area contributed by atoms with Gasteiger partial charge in [0, 0.05) is 5.56 Å². The quantitative estimate of drug-likeness (QED) is 0.624. The molecule has 1 heterocycles. The number of para-hydroxylation sites is 1. The fourth-order valence-corrected chi connectivity index (χ4v) is 1.89. The number of carboxylic acid groups (broad SMARTS) is 1. The molecule has 1 aliphatic heterocycles. The van der Waals surface area contributed by atoms with Gasteiger partial charge in [-0.2, -0.15) is 0 Å². The maximum Gasteiger partial charge on any atom is 0.329 e. The SMILES string of the molecule is CCOc1ccccc1/C=C1/NC(=O)N(CC(=O)O)C1=O. The number of ether oxygens (including phenoxy) is 1. The Kier molecular flexibility index (Phi) is 4.22. The summed E-state index contributed by atoms with van der Waals surface area (Å²) < 4.78 is 5.42. The van der Waals surface area contributed by atoms with Crippen LogP contribution in [0.2, 0.25) is 0 Å². The molecule has 110 valence electrons. The van der Waals surface area contributed by atoms with Crippen LogP contribution in [0.1, 0.15) is 12.5 Å². The summed E-state index contributed by atoms with van der Waals surface area (Å²) >= 11 is 0. The van der Waals surface area contributed by atoms with E-state index in [1.165, 1.54) is 6.08 Å². The first-order chi connectivity index (χ1) is 10.0. The molecule has 1 saturated heterocycles. The first-order valence-electron chi connectivity index (χ1n) is 6.31. The zero-order valence-corrected chi connectivity index (χ0v) is 11.3. The topological polar surface area (TPSA) is 95.9 Å². The molecule has 0 saturated carbocycles. The molecule has 0 aromatic heterocycles. The molecule has 7 nitrogen and oxygen atoms in total. The van der Waals surface area contributed by atoms with Crippen LogP contribution in [0, 0.1) is 0 Å². The van der Waals surface area contributed by atoms with Gasteiger partial charge in [-0.15, -0.1) is 0 Å². The molecule has 0 atom stereocenters. The Morgan fingerprint density at radius 2 is 2.10 bits per heavy atom. The number of rotatable bonds is 5. The summed E-state index contributed by atoms with van der Waals surface area (Å²) in [6.07, 6.45) is 1.47. The lowest BCUT2D eigenvalue weighted by molar-refractivity contribution is -0.140. The second-order valence-electron chi connectivity index (χ2n) is 4.24. The predicted molar refractivity (Wildman–Crippen MR) is 73.5 cm³/mol. The molecule has 0 spiro atoms. The van der Waals surface area contributed by atoms with Gasteiger partial charge >= 0.3 is 12.0 Å². The van der Waals surface area contributed by atoms with E-state index < -0.39 is 24.5 Å². The second-order valence-corrected chi connectivity index (χ2v) is 4.24. The van der Waals surface area contributed by atoms with Crippen molar-refractivity contribution in [3.05, 3.63) is 35.5 Å². The number of carboxylic acids is 1. The highest BCUT2D eigenvalue weighted by molar-refractivity contribution is 6.15. The van der Waals surface area contributed by atoms with Crippen molar-refractivity contribution in [2.45, 2.75) is 6.92 Å². The van der Waals surface area contributed by atoms with Gasteiger partial charge in [0.15, 0.2) is 0 Å². The number of imide groups is 1. The van der Waals surface area contributed by atoms with Crippen LogP contribution in [-0.2, 0) is 9.59 Å². The van der Waals surface area contributed by atoms with E-state index >= 15 is 0 Å². The molecule has 0 bridgehead atoms. The third-order valence-electron chi connectivity index (χ3n) is 2.77. The lowest BCUT2D eigenvalue weighted by Gasteiger charge is -2.08. The van der Waals surface area contributed by atoms with E-state index in [0.717, 1.165) is 0 Å². The summed E-state index contributed by atoms with van der Waals surface area (Å²) in [7, 11) is 0. The minimum atomic E-state index is -1.26. The van der Waals surface area contributed by atoms with Crippen molar-refractivity contribution in [1.29, 1.82) is 0 Å². The van der Waals surface area contributed by atoms with Gasteiger partial charge in [-0.25, -0.2) is 9.69 Å². The van der Waals surface area contributed by atoms with Gasteiger partial charge in [-0.05, 0) is 19.1 Å². The van der Waals surface area contributed by atoms with Crippen LogP contribution in [0.3, 0.4) is 0 Å². The molecule has 1 aromatic carbocycles. The number of hydrogen-bond donors (Lipinski definition) is 2. The van der Waals surface area contributed by atoms with Crippen molar-refractivity contribution < 1.29 is 24.2 Å². The molecule has 7 heteroatoms. The Morgan fingerprint density at radius 1 is 1.38 bits per heavy atom. The average molecular weight is 290 g/mol. The molecule has 1 aromatic rings. The third-order valence-corrected chi connectivity index (χ3v) is 2.77. The Labute approximate surface area is 120 Å². The van der Waals surface area contributed by atoms with E-state index in [2.05, 4.69) is 5.32 Å². The van der Waals surface area contributed by atoms with Crippen molar-refractivity contribution >= 4 is 24.0 Å². The Hall–Kier alpha value is -2.83.